The van der Waals surface area contributed by atoms with E-state index in [1.807, 2.05) is 6.92 Å². The molecule has 0 saturated carbocycles. The summed E-state index contributed by atoms with van der Waals surface area (Å²) in [6, 6.07) is 2.48. The molecule has 3 N–H and O–H groups in total. The third-order valence-corrected chi connectivity index (χ3v) is 5.03. The fraction of sp³-hybridized carbons (Fsp3) is 0.273. The van der Waals surface area contributed by atoms with Crippen LogP contribution in [-0.2, 0) is 10.0 Å². The van der Waals surface area contributed by atoms with Crippen molar-refractivity contribution in [1.82, 2.24) is 14.7 Å². The number of aryl methyl sites for hydroxylation is 1. The van der Waals surface area contributed by atoms with Crippen molar-refractivity contribution < 1.29 is 8.42 Å². The first-order valence-electron chi connectivity index (χ1n) is 5.54. The van der Waals surface area contributed by atoms with Gasteiger partial charge in [-0.05, 0) is 26.0 Å². The van der Waals surface area contributed by atoms with Crippen LogP contribution >= 0.6 is 11.3 Å². The number of nitrogens with zero attached hydrogens (tertiary/aromatic N) is 2. The van der Waals surface area contributed by atoms with Gasteiger partial charge in [0.1, 0.15) is 15.7 Å². The number of nitrogens with two attached hydrogens (primary N) is 1. The summed E-state index contributed by atoms with van der Waals surface area (Å²) >= 11 is 1.46. The third-order valence-electron chi connectivity index (χ3n) is 2.41. The Labute approximate surface area is 115 Å². The predicted molar refractivity (Wildman–Crippen MR) is 74.2 cm³/mol. The van der Waals surface area contributed by atoms with E-state index < -0.39 is 10.0 Å². The standard InChI is InChI=1S/C11H14N4O2S2/c1-7-5-14-11(18-7)8(2)15-19(16,17)9-3-4-10(12)13-6-9/h3-6,8,15H,1-2H3,(H2,12,13). The molecule has 0 bridgehead atoms. The minimum absolute atomic E-state index is 0.0850. The maximum atomic E-state index is 12.1. The summed E-state index contributed by atoms with van der Waals surface area (Å²) in [7, 11) is -3.62. The monoisotopic (exact) mass is 298 g/mol. The SMILES string of the molecule is Cc1cnc(C(C)NS(=O)(=O)c2ccc(N)nc2)s1. The lowest BCUT2D eigenvalue weighted by Gasteiger charge is -2.11. The minimum atomic E-state index is -3.62. The summed E-state index contributed by atoms with van der Waals surface area (Å²) in [4.78, 5) is 9.06. The molecule has 1 atom stereocenters. The van der Waals surface area contributed by atoms with Gasteiger partial charge in [0, 0.05) is 17.3 Å². The van der Waals surface area contributed by atoms with E-state index in [1.165, 1.54) is 29.7 Å². The fourth-order valence-corrected chi connectivity index (χ4v) is 3.48. The summed E-state index contributed by atoms with van der Waals surface area (Å²) in [6.45, 7) is 3.67. The number of thiazole rings is 1. The van der Waals surface area contributed by atoms with Crippen molar-refractivity contribution in [3.63, 3.8) is 0 Å². The second kappa shape index (κ2) is 5.24. The van der Waals surface area contributed by atoms with Crippen LogP contribution in [0.15, 0.2) is 29.4 Å². The lowest BCUT2D eigenvalue weighted by molar-refractivity contribution is 0.566. The second-order valence-corrected chi connectivity index (χ2v) is 7.05. The molecule has 0 amide bonds. The molecule has 0 aromatic carbocycles. The highest BCUT2D eigenvalue weighted by Crippen LogP contribution is 2.21. The van der Waals surface area contributed by atoms with Crippen molar-refractivity contribution in [2.75, 3.05) is 5.73 Å². The molecule has 2 rings (SSSR count). The van der Waals surface area contributed by atoms with Crippen LogP contribution in [0.2, 0.25) is 0 Å². The first kappa shape index (κ1) is 13.9. The van der Waals surface area contributed by atoms with Gasteiger partial charge in [-0.3, -0.25) is 0 Å². The van der Waals surface area contributed by atoms with Gasteiger partial charge in [0.05, 0.1) is 6.04 Å². The molecule has 8 heteroatoms. The van der Waals surface area contributed by atoms with E-state index in [2.05, 4.69) is 14.7 Å². The van der Waals surface area contributed by atoms with E-state index in [4.69, 9.17) is 5.73 Å². The smallest absolute Gasteiger partial charge is 0.242 e. The first-order chi connectivity index (χ1) is 8.88. The highest BCUT2D eigenvalue weighted by Gasteiger charge is 2.20. The van der Waals surface area contributed by atoms with Gasteiger partial charge < -0.3 is 5.73 Å². The van der Waals surface area contributed by atoms with Crippen molar-refractivity contribution in [1.29, 1.82) is 0 Å². The zero-order valence-corrected chi connectivity index (χ0v) is 12.1. The van der Waals surface area contributed by atoms with Crippen molar-refractivity contribution in [3.05, 3.63) is 34.4 Å². The Hall–Kier alpha value is -1.51. The van der Waals surface area contributed by atoms with Crippen molar-refractivity contribution in [3.8, 4) is 0 Å². The van der Waals surface area contributed by atoms with Crippen LogP contribution in [0.5, 0.6) is 0 Å². The molecule has 2 heterocycles. The zero-order chi connectivity index (χ0) is 14.0. The quantitative estimate of drug-likeness (QED) is 0.890. The summed E-state index contributed by atoms with van der Waals surface area (Å²) in [5.41, 5.74) is 5.43. The number of sulfonamides is 1. The maximum absolute atomic E-state index is 12.1. The molecule has 2 aromatic heterocycles. The Balaban J connectivity index is 2.19. The molecule has 0 aliphatic heterocycles. The molecule has 0 spiro atoms. The van der Waals surface area contributed by atoms with Gasteiger partial charge in [0.2, 0.25) is 10.0 Å². The molecule has 102 valence electrons. The van der Waals surface area contributed by atoms with Crippen LogP contribution in [0.25, 0.3) is 0 Å². The van der Waals surface area contributed by atoms with Gasteiger partial charge in [0.15, 0.2) is 0 Å². The average molecular weight is 298 g/mol. The van der Waals surface area contributed by atoms with Crippen molar-refractivity contribution in [2.24, 2.45) is 0 Å². The molecular weight excluding hydrogens is 284 g/mol. The summed E-state index contributed by atoms with van der Waals surface area (Å²) in [6.07, 6.45) is 2.95. The van der Waals surface area contributed by atoms with Crippen LogP contribution in [0.3, 0.4) is 0 Å². The fourth-order valence-electron chi connectivity index (χ4n) is 1.47. The topological polar surface area (TPSA) is 98.0 Å². The molecule has 0 radical (unpaired) electrons. The normalized spacial score (nSPS) is 13.4. The maximum Gasteiger partial charge on any atom is 0.242 e. The molecule has 19 heavy (non-hydrogen) atoms. The van der Waals surface area contributed by atoms with Gasteiger partial charge >= 0.3 is 0 Å². The van der Waals surface area contributed by atoms with Gasteiger partial charge in [-0.15, -0.1) is 11.3 Å². The minimum Gasteiger partial charge on any atom is -0.384 e. The van der Waals surface area contributed by atoms with E-state index in [0.717, 1.165) is 9.88 Å². The van der Waals surface area contributed by atoms with E-state index in [-0.39, 0.29) is 16.8 Å². The molecule has 1 unspecified atom stereocenters. The number of hydrogen-bond donors (Lipinski definition) is 2. The predicted octanol–water partition coefficient (Wildman–Crippen LogP) is 1.47. The number of anilines is 1. The number of nitrogen functional groups attached to an aromatic ring is 1. The van der Waals surface area contributed by atoms with Crippen LogP contribution < -0.4 is 10.5 Å². The van der Waals surface area contributed by atoms with Crippen LogP contribution in [0.4, 0.5) is 5.82 Å². The average Bonchev–Trinajstić information content (AvgIpc) is 2.76. The highest BCUT2D eigenvalue weighted by molar-refractivity contribution is 7.89. The van der Waals surface area contributed by atoms with E-state index in [0.29, 0.717) is 0 Å². The van der Waals surface area contributed by atoms with Crippen molar-refractivity contribution >= 4 is 27.2 Å². The second-order valence-electron chi connectivity index (χ2n) is 4.07. The Morgan fingerprint density at radius 3 is 2.58 bits per heavy atom. The van der Waals surface area contributed by atoms with E-state index in [9.17, 15) is 8.42 Å². The number of hydrogen-bond acceptors (Lipinski definition) is 6. The highest BCUT2D eigenvalue weighted by atomic mass is 32.2. The number of nitrogens with one attached hydrogen (secondary N) is 1. The van der Waals surface area contributed by atoms with Crippen LogP contribution in [-0.4, -0.2) is 18.4 Å². The number of rotatable bonds is 4. The summed E-state index contributed by atoms with van der Waals surface area (Å²) in [5, 5.41) is 0.726. The van der Waals surface area contributed by atoms with Crippen LogP contribution in [0.1, 0.15) is 22.9 Å². The van der Waals surface area contributed by atoms with E-state index in [1.54, 1.807) is 13.1 Å². The Morgan fingerprint density at radius 1 is 1.32 bits per heavy atom. The molecule has 0 aliphatic carbocycles. The largest absolute Gasteiger partial charge is 0.384 e. The third kappa shape index (κ3) is 3.28. The Morgan fingerprint density at radius 2 is 2.05 bits per heavy atom. The Bertz CT molecular complexity index is 664. The van der Waals surface area contributed by atoms with Gasteiger partial charge in [-0.2, -0.15) is 0 Å². The zero-order valence-electron chi connectivity index (χ0n) is 10.5. The molecule has 0 saturated heterocycles. The van der Waals surface area contributed by atoms with Gasteiger partial charge in [-0.25, -0.2) is 23.1 Å². The number of aromatic nitrogens is 2. The molecule has 2 aromatic rings. The molecule has 6 nitrogen and oxygen atoms in total. The molecule has 0 aliphatic rings. The van der Waals surface area contributed by atoms with Crippen LogP contribution in [0, 0.1) is 6.92 Å². The summed E-state index contributed by atoms with van der Waals surface area (Å²) in [5.74, 6) is 0.280. The van der Waals surface area contributed by atoms with E-state index >= 15 is 0 Å². The first-order valence-corrected chi connectivity index (χ1v) is 7.84. The summed E-state index contributed by atoms with van der Waals surface area (Å²) < 4.78 is 26.8. The lowest BCUT2D eigenvalue weighted by Crippen LogP contribution is -2.26. The Kier molecular flexibility index (Phi) is 3.83. The van der Waals surface area contributed by atoms with Crippen molar-refractivity contribution in [2.45, 2.75) is 24.8 Å². The van der Waals surface area contributed by atoms with Gasteiger partial charge in [-0.1, -0.05) is 0 Å². The number of pyridine rings is 1. The lowest BCUT2D eigenvalue weighted by atomic mass is 10.4. The molecule has 0 fully saturated rings. The van der Waals surface area contributed by atoms with Gasteiger partial charge in [0.25, 0.3) is 0 Å². The molecular formula is C11H14N4O2S2.